The van der Waals surface area contributed by atoms with Crippen molar-refractivity contribution in [3.8, 4) is 0 Å². The average Bonchev–Trinajstić information content (AvgIpc) is 2.35. The van der Waals surface area contributed by atoms with Gasteiger partial charge in [0.25, 0.3) is 0 Å². The summed E-state index contributed by atoms with van der Waals surface area (Å²) < 4.78 is 13.7. The summed E-state index contributed by atoms with van der Waals surface area (Å²) in [4.78, 5) is 0. The van der Waals surface area contributed by atoms with Crippen LogP contribution in [0, 0.1) is 12.7 Å². The van der Waals surface area contributed by atoms with Crippen molar-refractivity contribution in [1.82, 2.24) is 0 Å². The van der Waals surface area contributed by atoms with Crippen LogP contribution in [0.25, 0.3) is 0 Å². The number of rotatable bonds is 2. The molecule has 0 radical (unpaired) electrons. The second kappa shape index (κ2) is 5.12. The standard InChI is InChI=1S/C15H14Cl2FN/c1-9-3-4-10(7-14(9)18)15(2,19)12-8-11(16)5-6-13(12)17/h3-8H,19H2,1-2H3. The first-order valence-electron chi connectivity index (χ1n) is 5.83. The maximum absolute atomic E-state index is 13.7. The molecule has 0 bridgehead atoms. The van der Waals surface area contributed by atoms with Gasteiger partial charge in [-0.2, -0.15) is 0 Å². The van der Waals surface area contributed by atoms with Gasteiger partial charge < -0.3 is 5.73 Å². The van der Waals surface area contributed by atoms with Crippen LogP contribution in [0.3, 0.4) is 0 Å². The molecular formula is C15H14Cl2FN. The molecule has 0 heterocycles. The smallest absolute Gasteiger partial charge is 0.126 e. The molecule has 0 amide bonds. The largest absolute Gasteiger partial charge is 0.318 e. The topological polar surface area (TPSA) is 26.0 Å². The summed E-state index contributed by atoms with van der Waals surface area (Å²) in [7, 11) is 0. The lowest BCUT2D eigenvalue weighted by Crippen LogP contribution is -2.34. The Labute approximate surface area is 122 Å². The van der Waals surface area contributed by atoms with Crippen LogP contribution in [0.1, 0.15) is 23.6 Å². The fourth-order valence-electron chi connectivity index (χ4n) is 1.97. The van der Waals surface area contributed by atoms with E-state index >= 15 is 0 Å². The maximum Gasteiger partial charge on any atom is 0.126 e. The van der Waals surface area contributed by atoms with E-state index in [1.807, 2.05) is 0 Å². The van der Waals surface area contributed by atoms with Gasteiger partial charge in [-0.1, -0.05) is 35.3 Å². The first kappa shape index (κ1) is 14.3. The van der Waals surface area contributed by atoms with Crippen molar-refractivity contribution in [2.24, 2.45) is 5.73 Å². The predicted molar refractivity (Wildman–Crippen MR) is 78.2 cm³/mol. The van der Waals surface area contributed by atoms with Gasteiger partial charge in [0.1, 0.15) is 5.82 Å². The van der Waals surface area contributed by atoms with E-state index in [9.17, 15) is 4.39 Å². The SMILES string of the molecule is Cc1ccc(C(C)(N)c2cc(Cl)ccc2Cl)cc1F. The molecule has 100 valence electrons. The molecule has 1 atom stereocenters. The summed E-state index contributed by atoms with van der Waals surface area (Å²) in [6, 6.07) is 10.0. The van der Waals surface area contributed by atoms with Gasteiger partial charge in [0.05, 0.1) is 5.54 Å². The Morgan fingerprint density at radius 3 is 2.42 bits per heavy atom. The molecule has 0 saturated carbocycles. The highest BCUT2D eigenvalue weighted by atomic mass is 35.5. The lowest BCUT2D eigenvalue weighted by atomic mass is 9.85. The average molecular weight is 298 g/mol. The Kier molecular flexibility index (Phi) is 3.86. The summed E-state index contributed by atoms with van der Waals surface area (Å²) in [5.41, 5.74) is 7.34. The van der Waals surface area contributed by atoms with Crippen LogP contribution in [-0.2, 0) is 5.54 Å². The van der Waals surface area contributed by atoms with Crippen molar-refractivity contribution in [2.45, 2.75) is 19.4 Å². The maximum atomic E-state index is 13.7. The third-order valence-electron chi connectivity index (χ3n) is 3.26. The van der Waals surface area contributed by atoms with E-state index in [1.54, 1.807) is 44.2 Å². The minimum atomic E-state index is -0.906. The first-order valence-corrected chi connectivity index (χ1v) is 6.59. The number of benzene rings is 2. The predicted octanol–water partition coefficient (Wildman–Crippen LogP) is 4.66. The van der Waals surface area contributed by atoms with E-state index in [4.69, 9.17) is 28.9 Å². The summed E-state index contributed by atoms with van der Waals surface area (Å²) in [5.74, 6) is -0.285. The number of halogens is 3. The molecule has 2 rings (SSSR count). The van der Waals surface area contributed by atoms with Gasteiger partial charge in [0.15, 0.2) is 0 Å². The van der Waals surface area contributed by atoms with E-state index < -0.39 is 5.54 Å². The Morgan fingerprint density at radius 1 is 1.11 bits per heavy atom. The van der Waals surface area contributed by atoms with Crippen LogP contribution in [0.15, 0.2) is 36.4 Å². The highest BCUT2D eigenvalue weighted by Gasteiger charge is 2.27. The summed E-state index contributed by atoms with van der Waals surface area (Å²) in [6.45, 7) is 3.49. The van der Waals surface area contributed by atoms with Gasteiger partial charge in [-0.3, -0.25) is 0 Å². The van der Waals surface area contributed by atoms with Crippen LogP contribution in [0.2, 0.25) is 10.0 Å². The van der Waals surface area contributed by atoms with Crippen molar-refractivity contribution in [1.29, 1.82) is 0 Å². The highest BCUT2D eigenvalue weighted by molar-refractivity contribution is 6.33. The van der Waals surface area contributed by atoms with Crippen LogP contribution in [-0.4, -0.2) is 0 Å². The molecular weight excluding hydrogens is 284 g/mol. The first-order chi connectivity index (χ1) is 8.82. The highest BCUT2D eigenvalue weighted by Crippen LogP contribution is 2.34. The lowest BCUT2D eigenvalue weighted by molar-refractivity contribution is 0.578. The summed E-state index contributed by atoms with van der Waals surface area (Å²) in [6.07, 6.45) is 0. The molecule has 1 unspecified atom stereocenters. The molecule has 0 aliphatic heterocycles. The monoisotopic (exact) mass is 297 g/mol. The van der Waals surface area contributed by atoms with Crippen molar-refractivity contribution in [2.75, 3.05) is 0 Å². The van der Waals surface area contributed by atoms with Crippen molar-refractivity contribution < 1.29 is 4.39 Å². The third kappa shape index (κ3) is 2.76. The van der Waals surface area contributed by atoms with Crippen LogP contribution in [0.4, 0.5) is 4.39 Å². The zero-order valence-electron chi connectivity index (χ0n) is 10.7. The normalized spacial score (nSPS) is 14.2. The third-order valence-corrected chi connectivity index (χ3v) is 3.82. The van der Waals surface area contributed by atoms with E-state index in [1.165, 1.54) is 6.07 Å². The van der Waals surface area contributed by atoms with E-state index in [0.717, 1.165) is 0 Å². The van der Waals surface area contributed by atoms with Crippen LogP contribution in [0.5, 0.6) is 0 Å². The number of nitrogens with two attached hydrogens (primary N) is 1. The zero-order chi connectivity index (χ0) is 14.2. The van der Waals surface area contributed by atoms with Gasteiger partial charge in [-0.15, -0.1) is 0 Å². The van der Waals surface area contributed by atoms with E-state index in [-0.39, 0.29) is 5.82 Å². The second-order valence-electron chi connectivity index (χ2n) is 4.79. The molecule has 0 saturated heterocycles. The minimum absolute atomic E-state index is 0.285. The molecule has 2 aromatic rings. The molecule has 0 aromatic heterocycles. The van der Waals surface area contributed by atoms with Gasteiger partial charge in [-0.25, -0.2) is 4.39 Å². The molecule has 0 aliphatic rings. The van der Waals surface area contributed by atoms with Crippen LogP contribution < -0.4 is 5.73 Å². The minimum Gasteiger partial charge on any atom is -0.318 e. The molecule has 0 fully saturated rings. The number of hydrogen-bond acceptors (Lipinski definition) is 1. The van der Waals surface area contributed by atoms with Crippen molar-refractivity contribution in [3.05, 3.63) is 69.0 Å². The molecule has 2 N–H and O–H groups in total. The molecule has 4 heteroatoms. The molecule has 2 aromatic carbocycles. The van der Waals surface area contributed by atoms with E-state index in [2.05, 4.69) is 0 Å². The van der Waals surface area contributed by atoms with E-state index in [0.29, 0.717) is 26.7 Å². The molecule has 0 spiro atoms. The van der Waals surface area contributed by atoms with Gasteiger partial charge in [0.2, 0.25) is 0 Å². The summed E-state index contributed by atoms with van der Waals surface area (Å²) >= 11 is 12.1. The van der Waals surface area contributed by atoms with Crippen LogP contribution >= 0.6 is 23.2 Å². The second-order valence-corrected chi connectivity index (χ2v) is 5.63. The van der Waals surface area contributed by atoms with Gasteiger partial charge in [0, 0.05) is 10.0 Å². The summed E-state index contributed by atoms with van der Waals surface area (Å²) in [5, 5.41) is 1.05. The lowest BCUT2D eigenvalue weighted by Gasteiger charge is -2.27. The van der Waals surface area contributed by atoms with Gasteiger partial charge in [-0.05, 0) is 54.8 Å². The molecule has 19 heavy (non-hydrogen) atoms. The Morgan fingerprint density at radius 2 is 1.79 bits per heavy atom. The number of aryl methyl sites for hydroxylation is 1. The zero-order valence-corrected chi connectivity index (χ0v) is 12.2. The Bertz CT molecular complexity index is 624. The molecule has 1 nitrogen and oxygen atoms in total. The van der Waals surface area contributed by atoms with Gasteiger partial charge >= 0.3 is 0 Å². The Balaban J connectivity index is 2.57. The fourth-order valence-corrected chi connectivity index (χ4v) is 2.45. The number of hydrogen-bond donors (Lipinski definition) is 1. The van der Waals surface area contributed by atoms with Crippen molar-refractivity contribution in [3.63, 3.8) is 0 Å². The molecule has 0 aliphatic carbocycles. The fraction of sp³-hybridized carbons (Fsp3) is 0.200. The Hall–Kier alpha value is -1.09. The quantitative estimate of drug-likeness (QED) is 0.857. The van der Waals surface area contributed by atoms with Crippen molar-refractivity contribution >= 4 is 23.2 Å².